The van der Waals surface area contributed by atoms with Crippen molar-refractivity contribution in [3.63, 3.8) is 0 Å². The second-order valence-corrected chi connectivity index (χ2v) is 3.75. The highest BCUT2D eigenvalue weighted by Crippen LogP contribution is 2.20. The zero-order valence-electron chi connectivity index (χ0n) is 8.88. The average molecular weight is 220 g/mol. The van der Waals surface area contributed by atoms with Crippen LogP contribution in [-0.2, 0) is 9.59 Å². The molecule has 0 spiro atoms. The van der Waals surface area contributed by atoms with Crippen molar-refractivity contribution in [2.24, 2.45) is 0 Å². The molecule has 0 saturated carbocycles. The molecule has 1 heterocycles. The van der Waals surface area contributed by atoms with Crippen LogP contribution in [0.2, 0.25) is 0 Å². The minimum atomic E-state index is -0.118. The third-order valence-corrected chi connectivity index (χ3v) is 2.55. The second-order valence-electron chi connectivity index (χ2n) is 3.75. The van der Waals surface area contributed by atoms with Crippen LogP contribution in [0.4, 0.5) is 5.69 Å². The lowest BCUT2D eigenvalue weighted by Crippen LogP contribution is -2.52. The van der Waals surface area contributed by atoms with E-state index in [4.69, 9.17) is 5.11 Å². The first kappa shape index (κ1) is 10.5. The van der Waals surface area contributed by atoms with Gasteiger partial charge < -0.3 is 14.9 Å². The maximum absolute atomic E-state index is 11.7. The molecule has 5 heteroatoms. The van der Waals surface area contributed by atoms with Gasteiger partial charge in [-0.15, -0.1) is 0 Å². The van der Waals surface area contributed by atoms with Crippen LogP contribution in [0, 0.1) is 0 Å². The molecular formula is C11H12N2O3. The molecule has 1 fully saturated rings. The number of phenols is 1. The Labute approximate surface area is 92.9 Å². The van der Waals surface area contributed by atoms with Crippen molar-refractivity contribution in [3.05, 3.63) is 24.3 Å². The molecule has 1 aliphatic rings. The fourth-order valence-corrected chi connectivity index (χ4v) is 1.59. The van der Waals surface area contributed by atoms with E-state index in [0.29, 0.717) is 5.69 Å². The minimum Gasteiger partial charge on any atom is -0.508 e. The van der Waals surface area contributed by atoms with Gasteiger partial charge in [-0.3, -0.25) is 9.59 Å². The second kappa shape index (κ2) is 3.84. The molecule has 0 unspecified atom stereocenters. The first-order valence-electron chi connectivity index (χ1n) is 4.91. The molecule has 0 radical (unpaired) electrons. The van der Waals surface area contributed by atoms with Crippen molar-refractivity contribution in [3.8, 4) is 5.75 Å². The summed E-state index contributed by atoms with van der Waals surface area (Å²) >= 11 is 0. The first-order valence-corrected chi connectivity index (χ1v) is 4.91. The fraction of sp³-hybridized carbons (Fsp3) is 0.273. The van der Waals surface area contributed by atoms with Crippen LogP contribution in [0.5, 0.6) is 5.75 Å². The quantitative estimate of drug-likeness (QED) is 0.735. The van der Waals surface area contributed by atoms with Gasteiger partial charge in [0, 0.05) is 12.7 Å². The molecule has 0 bridgehead atoms. The highest BCUT2D eigenvalue weighted by atomic mass is 16.3. The largest absolute Gasteiger partial charge is 0.508 e. The monoisotopic (exact) mass is 220 g/mol. The Morgan fingerprint density at radius 3 is 2.31 bits per heavy atom. The third kappa shape index (κ3) is 1.84. The normalized spacial score (nSPS) is 16.8. The molecule has 1 N–H and O–H groups in total. The summed E-state index contributed by atoms with van der Waals surface area (Å²) in [4.78, 5) is 26.0. The Kier molecular flexibility index (Phi) is 2.52. The van der Waals surface area contributed by atoms with Crippen LogP contribution < -0.4 is 4.90 Å². The summed E-state index contributed by atoms with van der Waals surface area (Å²) in [6.07, 6.45) is 0. The lowest BCUT2D eigenvalue weighted by Gasteiger charge is -2.31. The van der Waals surface area contributed by atoms with Crippen LogP contribution in [0.15, 0.2) is 24.3 Å². The van der Waals surface area contributed by atoms with Gasteiger partial charge in [0.15, 0.2) is 0 Å². The van der Waals surface area contributed by atoms with Gasteiger partial charge in [0.25, 0.3) is 0 Å². The van der Waals surface area contributed by atoms with Crippen molar-refractivity contribution in [1.82, 2.24) is 4.90 Å². The lowest BCUT2D eigenvalue weighted by atomic mass is 10.2. The molecule has 5 nitrogen and oxygen atoms in total. The number of nitrogens with zero attached hydrogens (tertiary/aromatic N) is 2. The van der Waals surface area contributed by atoms with Gasteiger partial charge in [-0.2, -0.15) is 0 Å². The van der Waals surface area contributed by atoms with Crippen molar-refractivity contribution in [2.75, 3.05) is 25.0 Å². The van der Waals surface area contributed by atoms with E-state index < -0.39 is 0 Å². The van der Waals surface area contributed by atoms with Gasteiger partial charge in [0.1, 0.15) is 12.3 Å². The van der Waals surface area contributed by atoms with Crippen LogP contribution >= 0.6 is 0 Å². The van der Waals surface area contributed by atoms with Crippen LogP contribution in [0.3, 0.4) is 0 Å². The zero-order valence-corrected chi connectivity index (χ0v) is 8.88. The number of carbonyl (C=O) groups excluding carboxylic acids is 2. The maximum Gasteiger partial charge on any atom is 0.247 e. The topological polar surface area (TPSA) is 60.9 Å². The molecule has 2 amide bonds. The molecule has 1 aromatic carbocycles. The predicted molar refractivity (Wildman–Crippen MR) is 58.1 cm³/mol. The van der Waals surface area contributed by atoms with Crippen molar-refractivity contribution in [2.45, 2.75) is 0 Å². The minimum absolute atomic E-state index is 0.0557. The summed E-state index contributed by atoms with van der Waals surface area (Å²) in [5, 5.41) is 9.14. The first-order chi connectivity index (χ1) is 7.58. The van der Waals surface area contributed by atoms with Crippen molar-refractivity contribution < 1.29 is 14.7 Å². The van der Waals surface area contributed by atoms with E-state index in [1.54, 1.807) is 19.2 Å². The number of aromatic hydroxyl groups is 1. The number of piperazine rings is 1. The molecule has 2 rings (SSSR count). The standard InChI is InChI=1S/C11H12N2O3/c1-12-6-11(16)13(7-10(12)15)8-2-4-9(14)5-3-8/h2-5,14H,6-7H2,1H3. The van der Waals surface area contributed by atoms with Gasteiger partial charge >= 0.3 is 0 Å². The van der Waals surface area contributed by atoms with Gasteiger partial charge in [-0.05, 0) is 24.3 Å². The molecule has 84 valence electrons. The van der Waals surface area contributed by atoms with Gasteiger partial charge in [-0.25, -0.2) is 0 Å². The summed E-state index contributed by atoms with van der Waals surface area (Å²) < 4.78 is 0. The number of phenolic OH excluding ortho intramolecular Hbond substituents is 1. The van der Waals surface area contributed by atoms with Crippen molar-refractivity contribution in [1.29, 1.82) is 0 Å². The Bertz CT molecular complexity index is 427. The van der Waals surface area contributed by atoms with Gasteiger partial charge in [0.2, 0.25) is 11.8 Å². The summed E-state index contributed by atoms with van der Waals surface area (Å²) in [5.41, 5.74) is 0.629. The van der Waals surface area contributed by atoms with Crippen LogP contribution in [-0.4, -0.2) is 42.0 Å². The Morgan fingerprint density at radius 1 is 1.06 bits per heavy atom. The van der Waals surface area contributed by atoms with E-state index in [1.807, 2.05) is 0 Å². The molecule has 1 aromatic rings. The number of amides is 2. The Morgan fingerprint density at radius 2 is 1.69 bits per heavy atom. The lowest BCUT2D eigenvalue weighted by molar-refractivity contribution is -0.136. The molecule has 0 atom stereocenters. The van der Waals surface area contributed by atoms with E-state index in [2.05, 4.69) is 0 Å². The molecule has 0 aromatic heterocycles. The fourth-order valence-electron chi connectivity index (χ4n) is 1.59. The summed E-state index contributed by atoms with van der Waals surface area (Å²) in [7, 11) is 1.61. The molecule has 16 heavy (non-hydrogen) atoms. The van der Waals surface area contributed by atoms with Crippen LogP contribution in [0.25, 0.3) is 0 Å². The Balaban J connectivity index is 2.24. The van der Waals surface area contributed by atoms with E-state index >= 15 is 0 Å². The van der Waals surface area contributed by atoms with E-state index in [1.165, 1.54) is 21.9 Å². The third-order valence-electron chi connectivity index (χ3n) is 2.55. The van der Waals surface area contributed by atoms with E-state index in [0.717, 1.165) is 0 Å². The summed E-state index contributed by atoms with van der Waals surface area (Å²) in [5.74, 6) is -0.0721. The highest BCUT2D eigenvalue weighted by Gasteiger charge is 2.28. The SMILES string of the molecule is CN1CC(=O)N(c2ccc(O)cc2)CC1=O. The summed E-state index contributed by atoms with van der Waals surface area (Å²) in [6, 6.07) is 6.22. The van der Waals surface area contributed by atoms with Crippen LogP contribution in [0.1, 0.15) is 0 Å². The average Bonchev–Trinajstić information content (AvgIpc) is 2.25. The number of hydrogen-bond acceptors (Lipinski definition) is 3. The molecular weight excluding hydrogens is 208 g/mol. The van der Waals surface area contributed by atoms with E-state index in [9.17, 15) is 9.59 Å². The number of anilines is 1. The molecule has 1 aliphatic heterocycles. The van der Waals surface area contributed by atoms with Gasteiger partial charge in [-0.1, -0.05) is 0 Å². The molecule has 1 saturated heterocycles. The number of benzene rings is 1. The highest BCUT2D eigenvalue weighted by molar-refractivity contribution is 6.04. The Hall–Kier alpha value is -2.04. The molecule has 0 aliphatic carbocycles. The number of carbonyl (C=O) groups is 2. The number of rotatable bonds is 1. The smallest absolute Gasteiger partial charge is 0.247 e. The van der Waals surface area contributed by atoms with Gasteiger partial charge in [0.05, 0.1) is 6.54 Å². The zero-order chi connectivity index (χ0) is 11.7. The van der Waals surface area contributed by atoms with E-state index in [-0.39, 0.29) is 30.7 Å². The number of hydrogen-bond donors (Lipinski definition) is 1. The predicted octanol–water partition coefficient (Wildman–Crippen LogP) is 0.197. The maximum atomic E-state index is 11.7. The number of likely N-dealkylation sites (N-methyl/N-ethyl adjacent to an activating group) is 1. The summed E-state index contributed by atoms with van der Waals surface area (Å²) in [6.45, 7) is 0.153. The van der Waals surface area contributed by atoms with Crippen molar-refractivity contribution >= 4 is 17.5 Å².